The third-order valence-corrected chi connectivity index (χ3v) is 5.75. The third kappa shape index (κ3) is 4.37. The third-order valence-electron chi connectivity index (χ3n) is 5.02. The molecule has 0 aliphatic carbocycles. The van der Waals surface area contributed by atoms with Crippen molar-refractivity contribution in [2.24, 2.45) is 0 Å². The molecule has 0 atom stereocenters. The lowest BCUT2D eigenvalue weighted by molar-refractivity contribution is 0.0952. The second kappa shape index (κ2) is 8.82. The number of aryl methyl sites for hydroxylation is 1. The number of fused-ring (bicyclic) bond motifs is 1. The first-order valence-electron chi connectivity index (χ1n) is 10.1. The molecule has 2 aromatic heterocycles. The highest BCUT2D eigenvalue weighted by atomic mass is 32.2. The number of aromatic nitrogens is 4. The number of carbonyl (C=O) groups excluding carboxylic acids is 1. The van der Waals surface area contributed by atoms with Crippen molar-refractivity contribution in [2.45, 2.75) is 38.4 Å². The Bertz CT molecular complexity index is 1010. The zero-order valence-corrected chi connectivity index (χ0v) is 17.7. The number of rotatable bonds is 7. The fourth-order valence-electron chi connectivity index (χ4n) is 3.61. The van der Waals surface area contributed by atoms with Crippen LogP contribution in [0.1, 0.15) is 35.7 Å². The van der Waals surface area contributed by atoms with E-state index in [2.05, 4.69) is 22.2 Å². The normalized spacial score (nSPS) is 13.9. The molecular formula is C21H26N6OS. The summed E-state index contributed by atoms with van der Waals surface area (Å²) in [6.07, 6.45) is 4.24. The summed E-state index contributed by atoms with van der Waals surface area (Å²) in [7, 11) is 0. The first kappa shape index (κ1) is 19.7. The van der Waals surface area contributed by atoms with Crippen LogP contribution in [0.3, 0.4) is 0 Å². The molecule has 8 heteroatoms. The van der Waals surface area contributed by atoms with E-state index in [-0.39, 0.29) is 5.91 Å². The van der Waals surface area contributed by atoms with Gasteiger partial charge in [-0.05, 0) is 37.7 Å². The Morgan fingerprint density at radius 3 is 2.83 bits per heavy atom. The number of nitrogens with zero attached hydrogens (tertiary/aromatic N) is 5. The second-order valence-electron chi connectivity index (χ2n) is 7.19. The van der Waals surface area contributed by atoms with E-state index in [0.717, 1.165) is 46.4 Å². The van der Waals surface area contributed by atoms with Gasteiger partial charge in [0.2, 0.25) is 0 Å². The highest BCUT2D eigenvalue weighted by molar-refractivity contribution is 7.99. The number of nitrogens with one attached hydrogen (secondary N) is 1. The molecule has 0 bridgehead atoms. The Labute approximate surface area is 174 Å². The summed E-state index contributed by atoms with van der Waals surface area (Å²) in [6, 6.07) is 7.60. The molecule has 1 N–H and O–H groups in total. The van der Waals surface area contributed by atoms with Crippen LogP contribution in [0.25, 0.3) is 11.0 Å². The van der Waals surface area contributed by atoms with Crippen molar-refractivity contribution >= 4 is 34.5 Å². The van der Waals surface area contributed by atoms with Crippen LogP contribution in [0.5, 0.6) is 0 Å². The van der Waals surface area contributed by atoms with Gasteiger partial charge in [-0.2, -0.15) is 5.10 Å². The van der Waals surface area contributed by atoms with Crippen LogP contribution in [0, 0.1) is 6.92 Å². The second-order valence-corrected chi connectivity index (χ2v) is 8.42. The van der Waals surface area contributed by atoms with E-state index in [1.54, 1.807) is 11.8 Å². The van der Waals surface area contributed by atoms with Gasteiger partial charge >= 0.3 is 0 Å². The van der Waals surface area contributed by atoms with Gasteiger partial charge < -0.3 is 10.2 Å². The van der Waals surface area contributed by atoms with Crippen molar-refractivity contribution in [3.05, 3.63) is 41.6 Å². The summed E-state index contributed by atoms with van der Waals surface area (Å²) >= 11 is 1.64. The van der Waals surface area contributed by atoms with Gasteiger partial charge in [0, 0.05) is 25.2 Å². The molecule has 3 heterocycles. The van der Waals surface area contributed by atoms with Crippen molar-refractivity contribution in [3.8, 4) is 0 Å². The number of amides is 1. The highest BCUT2D eigenvalue weighted by Gasteiger charge is 2.20. The molecule has 1 fully saturated rings. The minimum Gasteiger partial charge on any atom is -0.356 e. The summed E-state index contributed by atoms with van der Waals surface area (Å²) < 4.78 is 1.87. The Hall–Kier alpha value is -2.61. The van der Waals surface area contributed by atoms with Gasteiger partial charge in [-0.1, -0.05) is 36.4 Å². The van der Waals surface area contributed by atoms with Crippen molar-refractivity contribution in [2.75, 3.05) is 30.3 Å². The van der Waals surface area contributed by atoms with Crippen LogP contribution < -0.4 is 10.2 Å². The van der Waals surface area contributed by atoms with Gasteiger partial charge in [-0.15, -0.1) is 0 Å². The van der Waals surface area contributed by atoms with E-state index < -0.39 is 0 Å². The van der Waals surface area contributed by atoms with E-state index in [0.29, 0.717) is 18.7 Å². The van der Waals surface area contributed by atoms with Gasteiger partial charge in [0.1, 0.15) is 5.82 Å². The molecule has 0 unspecified atom stereocenters. The monoisotopic (exact) mass is 410 g/mol. The van der Waals surface area contributed by atoms with E-state index >= 15 is 0 Å². The molecule has 1 aromatic carbocycles. The fourth-order valence-corrected chi connectivity index (χ4v) is 4.17. The average Bonchev–Trinajstić information content (AvgIpc) is 3.38. The number of hydrogen-bond acceptors (Lipinski definition) is 6. The molecule has 152 valence electrons. The summed E-state index contributed by atoms with van der Waals surface area (Å²) in [6.45, 7) is 7.19. The maximum Gasteiger partial charge on any atom is 0.251 e. The van der Waals surface area contributed by atoms with Crippen LogP contribution in [0.4, 0.5) is 5.82 Å². The standard InChI is InChI=1S/C21H26N6OS/c1-3-29-21-24-18(26-10-4-5-11-26)17-14-23-27(19(17)25-21)12-9-22-20(28)16-8-6-7-15(2)13-16/h6-8,13-14H,3-5,9-12H2,1-2H3,(H,22,28). The molecule has 0 spiro atoms. The summed E-state index contributed by atoms with van der Waals surface area (Å²) in [4.78, 5) is 24.2. The van der Waals surface area contributed by atoms with E-state index in [4.69, 9.17) is 9.97 Å². The smallest absolute Gasteiger partial charge is 0.251 e. The number of carbonyl (C=O) groups is 1. The number of hydrogen-bond donors (Lipinski definition) is 1. The van der Waals surface area contributed by atoms with Gasteiger partial charge in [-0.25, -0.2) is 14.6 Å². The molecular weight excluding hydrogens is 384 g/mol. The zero-order chi connectivity index (χ0) is 20.2. The topological polar surface area (TPSA) is 75.9 Å². The Balaban J connectivity index is 1.52. The summed E-state index contributed by atoms with van der Waals surface area (Å²) in [5, 5.41) is 9.29. The number of benzene rings is 1. The molecule has 1 aliphatic heterocycles. The molecule has 4 rings (SSSR count). The quantitative estimate of drug-likeness (QED) is 0.476. The molecule has 1 aliphatic rings. The lowest BCUT2D eigenvalue weighted by atomic mass is 10.1. The first-order valence-corrected chi connectivity index (χ1v) is 11.1. The Morgan fingerprint density at radius 2 is 2.07 bits per heavy atom. The highest BCUT2D eigenvalue weighted by Crippen LogP contribution is 2.29. The largest absolute Gasteiger partial charge is 0.356 e. The minimum absolute atomic E-state index is 0.0697. The van der Waals surface area contributed by atoms with Crippen molar-refractivity contribution in [1.82, 2.24) is 25.1 Å². The van der Waals surface area contributed by atoms with Crippen molar-refractivity contribution < 1.29 is 4.79 Å². The maximum absolute atomic E-state index is 12.4. The fraction of sp³-hybridized carbons (Fsp3) is 0.429. The minimum atomic E-state index is -0.0697. The Kier molecular flexibility index (Phi) is 5.99. The summed E-state index contributed by atoms with van der Waals surface area (Å²) in [5.41, 5.74) is 2.58. The molecule has 0 saturated carbocycles. The number of thioether (sulfide) groups is 1. The predicted octanol–water partition coefficient (Wildman–Crippen LogP) is 3.28. The molecule has 29 heavy (non-hydrogen) atoms. The molecule has 1 amide bonds. The van der Waals surface area contributed by atoms with Gasteiger partial charge in [-0.3, -0.25) is 4.79 Å². The van der Waals surface area contributed by atoms with Crippen LogP contribution in [0.2, 0.25) is 0 Å². The predicted molar refractivity (Wildman–Crippen MR) is 117 cm³/mol. The summed E-state index contributed by atoms with van der Waals surface area (Å²) in [5.74, 6) is 1.84. The molecule has 7 nitrogen and oxygen atoms in total. The van der Waals surface area contributed by atoms with E-state index in [1.165, 1.54) is 12.8 Å². The SMILES string of the molecule is CCSc1nc(N2CCCC2)c2cnn(CCNC(=O)c3cccc(C)c3)c2n1. The lowest BCUT2D eigenvalue weighted by Gasteiger charge is -2.17. The van der Waals surface area contributed by atoms with Crippen LogP contribution >= 0.6 is 11.8 Å². The van der Waals surface area contributed by atoms with E-state index in [1.807, 2.05) is 42.1 Å². The lowest BCUT2D eigenvalue weighted by Crippen LogP contribution is -2.27. The molecule has 0 radical (unpaired) electrons. The van der Waals surface area contributed by atoms with Gasteiger partial charge in [0.15, 0.2) is 10.8 Å². The van der Waals surface area contributed by atoms with Crippen LogP contribution in [-0.4, -0.2) is 51.0 Å². The molecule has 3 aromatic rings. The van der Waals surface area contributed by atoms with Crippen LogP contribution in [0.15, 0.2) is 35.6 Å². The maximum atomic E-state index is 12.4. The average molecular weight is 411 g/mol. The van der Waals surface area contributed by atoms with Gasteiger partial charge in [0.05, 0.1) is 18.1 Å². The van der Waals surface area contributed by atoms with Crippen molar-refractivity contribution in [3.63, 3.8) is 0 Å². The zero-order valence-electron chi connectivity index (χ0n) is 16.9. The van der Waals surface area contributed by atoms with Crippen LogP contribution in [-0.2, 0) is 6.54 Å². The number of anilines is 1. The Morgan fingerprint density at radius 1 is 1.24 bits per heavy atom. The van der Waals surface area contributed by atoms with Crippen molar-refractivity contribution in [1.29, 1.82) is 0 Å². The molecule has 1 saturated heterocycles. The first-order chi connectivity index (χ1) is 14.2. The van der Waals surface area contributed by atoms with Gasteiger partial charge in [0.25, 0.3) is 5.91 Å². The van der Waals surface area contributed by atoms with E-state index in [9.17, 15) is 4.79 Å².